The van der Waals surface area contributed by atoms with Crippen molar-refractivity contribution in [2.24, 2.45) is 5.11 Å². The highest BCUT2D eigenvalue weighted by Gasteiger charge is 2.13. The summed E-state index contributed by atoms with van der Waals surface area (Å²) in [4.78, 5) is 14.1. The fourth-order valence-corrected chi connectivity index (χ4v) is 1.13. The maximum absolute atomic E-state index is 11.4. The van der Waals surface area contributed by atoms with Crippen LogP contribution in [-0.2, 0) is 14.3 Å². The Labute approximate surface area is 93.0 Å². The predicted octanol–water partition coefficient (Wildman–Crippen LogP) is 1.08. The molecule has 0 bridgehead atoms. The van der Waals surface area contributed by atoms with Crippen molar-refractivity contribution in [3.8, 4) is 0 Å². The molecule has 0 spiro atoms. The van der Waals surface area contributed by atoms with Crippen LogP contribution in [0.5, 0.6) is 0 Å². The van der Waals surface area contributed by atoms with Crippen LogP contribution in [-0.4, -0.2) is 32.2 Å². The first-order valence-corrected chi connectivity index (χ1v) is 5.08. The van der Waals surface area contributed by atoms with Gasteiger partial charge in [-0.1, -0.05) is 5.11 Å². The second-order valence-electron chi connectivity index (χ2n) is 3.12. The Balaban J connectivity index is 2.10. The van der Waals surface area contributed by atoms with E-state index < -0.39 is 0 Å². The van der Waals surface area contributed by atoms with Gasteiger partial charge in [-0.15, -0.1) is 0 Å². The molecule has 1 N–H and O–H groups in total. The highest BCUT2D eigenvalue weighted by Crippen LogP contribution is 2.03. The Morgan fingerprint density at radius 2 is 2.44 bits per heavy atom. The Bertz CT molecular complexity index is 310. The quantitative estimate of drug-likeness (QED) is 0.317. The minimum atomic E-state index is -0.275. The van der Waals surface area contributed by atoms with E-state index in [0.29, 0.717) is 26.3 Å². The number of amides is 1. The molecule has 7 heteroatoms. The number of ether oxygens (including phenoxy) is 2. The van der Waals surface area contributed by atoms with Gasteiger partial charge in [0.05, 0.1) is 0 Å². The number of carbonyl (C=O) groups is 1. The normalized spacial score (nSPS) is 13.9. The Kier molecular flexibility index (Phi) is 5.65. The van der Waals surface area contributed by atoms with Crippen molar-refractivity contribution in [2.45, 2.75) is 12.8 Å². The molecule has 0 atom stereocenters. The predicted molar refractivity (Wildman–Crippen MR) is 56.2 cm³/mol. The van der Waals surface area contributed by atoms with Gasteiger partial charge in [0, 0.05) is 18.0 Å². The summed E-state index contributed by atoms with van der Waals surface area (Å²) in [5, 5.41) is 6.07. The molecule has 1 amide bonds. The first kappa shape index (κ1) is 12.2. The number of nitrogens with zero attached hydrogens (tertiary/aromatic N) is 3. The van der Waals surface area contributed by atoms with Gasteiger partial charge in [0.1, 0.15) is 19.5 Å². The molecule has 1 aliphatic heterocycles. The van der Waals surface area contributed by atoms with Gasteiger partial charge in [0.15, 0.2) is 0 Å². The minimum Gasteiger partial charge on any atom is -0.494 e. The van der Waals surface area contributed by atoms with Crippen LogP contribution in [0.4, 0.5) is 0 Å². The van der Waals surface area contributed by atoms with Crippen molar-refractivity contribution in [1.29, 1.82) is 0 Å². The molecule has 0 aromatic carbocycles. The van der Waals surface area contributed by atoms with Crippen molar-refractivity contribution < 1.29 is 14.3 Å². The molecule has 1 heterocycles. The van der Waals surface area contributed by atoms with Crippen molar-refractivity contribution in [3.05, 3.63) is 22.5 Å². The lowest BCUT2D eigenvalue weighted by atomic mass is 10.3. The molecule has 0 saturated heterocycles. The van der Waals surface area contributed by atoms with E-state index in [1.54, 1.807) is 0 Å². The van der Waals surface area contributed by atoms with Crippen LogP contribution in [0.3, 0.4) is 0 Å². The molecule has 0 saturated carbocycles. The van der Waals surface area contributed by atoms with Gasteiger partial charge >= 0.3 is 0 Å². The first-order chi connectivity index (χ1) is 7.84. The molecule has 0 aromatic heterocycles. The molecule has 0 fully saturated rings. The fourth-order valence-electron chi connectivity index (χ4n) is 1.13. The summed E-state index contributed by atoms with van der Waals surface area (Å²) in [7, 11) is 0. The van der Waals surface area contributed by atoms with Crippen molar-refractivity contribution in [3.63, 3.8) is 0 Å². The number of nitrogens with one attached hydrogen (secondary N) is 1. The number of carbonyl (C=O) groups excluding carboxylic acids is 1. The van der Waals surface area contributed by atoms with Gasteiger partial charge in [0.25, 0.3) is 5.91 Å². The lowest BCUT2D eigenvalue weighted by Gasteiger charge is -2.14. The molecular weight excluding hydrogens is 212 g/mol. The number of hydrogen-bond acceptors (Lipinski definition) is 4. The van der Waals surface area contributed by atoms with Gasteiger partial charge < -0.3 is 14.8 Å². The molecule has 0 radical (unpaired) electrons. The largest absolute Gasteiger partial charge is 0.494 e. The second kappa shape index (κ2) is 7.42. The van der Waals surface area contributed by atoms with Crippen molar-refractivity contribution in [1.82, 2.24) is 5.32 Å². The van der Waals surface area contributed by atoms with E-state index in [0.717, 1.165) is 12.8 Å². The summed E-state index contributed by atoms with van der Waals surface area (Å²) >= 11 is 0. The molecule has 16 heavy (non-hydrogen) atoms. The van der Waals surface area contributed by atoms with E-state index >= 15 is 0 Å². The lowest BCUT2D eigenvalue weighted by molar-refractivity contribution is -0.122. The van der Waals surface area contributed by atoms with Crippen LogP contribution in [0.25, 0.3) is 10.4 Å². The zero-order valence-corrected chi connectivity index (χ0v) is 8.89. The fraction of sp³-hybridized carbons (Fsp3) is 0.667. The van der Waals surface area contributed by atoms with Crippen LogP contribution < -0.4 is 5.32 Å². The van der Waals surface area contributed by atoms with Gasteiger partial charge in [0.2, 0.25) is 5.76 Å². The van der Waals surface area contributed by atoms with E-state index in [9.17, 15) is 4.79 Å². The average molecular weight is 226 g/mol. The molecule has 88 valence electrons. The summed E-state index contributed by atoms with van der Waals surface area (Å²) < 4.78 is 10.1. The molecular formula is C9H14N4O3. The second-order valence-corrected chi connectivity index (χ2v) is 3.12. The van der Waals surface area contributed by atoms with Gasteiger partial charge in [-0.2, -0.15) is 0 Å². The van der Waals surface area contributed by atoms with E-state index in [4.69, 9.17) is 15.0 Å². The van der Waals surface area contributed by atoms with Gasteiger partial charge in [-0.3, -0.25) is 4.79 Å². The maximum atomic E-state index is 11.4. The Hall–Kier alpha value is -1.88. The molecule has 0 aliphatic carbocycles. The smallest absolute Gasteiger partial charge is 0.289 e. The average Bonchev–Trinajstić information content (AvgIpc) is 2.34. The zero-order valence-electron chi connectivity index (χ0n) is 8.89. The number of unbranched alkanes of at least 4 members (excludes halogenated alkanes) is 1. The molecule has 0 unspecified atom stereocenters. The third-order valence-electron chi connectivity index (χ3n) is 1.91. The van der Waals surface area contributed by atoms with Crippen LogP contribution in [0.2, 0.25) is 0 Å². The Morgan fingerprint density at radius 1 is 1.56 bits per heavy atom. The number of azide groups is 1. The lowest BCUT2D eigenvalue weighted by Crippen LogP contribution is -2.29. The van der Waals surface area contributed by atoms with E-state index in [1.165, 1.54) is 6.26 Å². The highest BCUT2D eigenvalue weighted by atomic mass is 16.6. The first-order valence-electron chi connectivity index (χ1n) is 5.08. The van der Waals surface area contributed by atoms with Crippen LogP contribution in [0, 0.1) is 0 Å². The summed E-state index contributed by atoms with van der Waals surface area (Å²) in [6.45, 7) is 1.86. The monoisotopic (exact) mass is 226 g/mol. The zero-order chi connectivity index (χ0) is 11.6. The topological polar surface area (TPSA) is 96.3 Å². The molecule has 1 aliphatic rings. The summed E-state index contributed by atoms with van der Waals surface area (Å²) in [6.07, 6.45) is 2.83. The summed E-state index contributed by atoms with van der Waals surface area (Å²) in [5.74, 6) is -0.0650. The standard InChI is InChI=1S/C9H14N4O3/c10-13-12-4-2-1-3-11-9(14)8-7-15-5-6-16-8/h7H,1-6H2,(H,11,14). The number of rotatable bonds is 6. The third-order valence-corrected chi connectivity index (χ3v) is 1.91. The summed E-state index contributed by atoms with van der Waals surface area (Å²) in [6, 6.07) is 0. The molecule has 1 rings (SSSR count). The van der Waals surface area contributed by atoms with Gasteiger partial charge in [-0.05, 0) is 18.4 Å². The van der Waals surface area contributed by atoms with Crippen LogP contribution in [0.15, 0.2) is 17.1 Å². The summed E-state index contributed by atoms with van der Waals surface area (Å²) in [5.41, 5.74) is 8.03. The Morgan fingerprint density at radius 3 is 3.12 bits per heavy atom. The van der Waals surface area contributed by atoms with Crippen LogP contribution in [0.1, 0.15) is 12.8 Å². The van der Waals surface area contributed by atoms with E-state index in [-0.39, 0.29) is 11.7 Å². The van der Waals surface area contributed by atoms with Crippen molar-refractivity contribution in [2.75, 3.05) is 26.3 Å². The minimum absolute atomic E-state index is 0.210. The van der Waals surface area contributed by atoms with E-state index in [2.05, 4.69) is 15.3 Å². The third kappa shape index (κ3) is 4.56. The van der Waals surface area contributed by atoms with Crippen molar-refractivity contribution >= 4 is 5.91 Å². The molecule has 7 nitrogen and oxygen atoms in total. The maximum Gasteiger partial charge on any atom is 0.289 e. The van der Waals surface area contributed by atoms with E-state index in [1.807, 2.05) is 0 Å². The van der Waals surface area contributed by atoms with Gasteiger partial charge in [-0.25, -0.2) is 0 Å². The van der Waals surface area contributed by atoms with Crippen LogP contribution >= 0.6 is 0 Å². The SMILES string of the molecule is [N-]=[N+]=NCCCCNC(=O)C1=COCCO1. The highest BCUT2D eigenvalue weighted by molar-refractivity contribution is 5.91. The molecule has 0 aromatic rings. The number of hydrogen-bond donors (Lipinski definition) is 1.